The van der Waals surface area contributed by atoms with E-state index in [1.54, 1.807) is 0 Å². The summed E-state index contributed by atoms with van der Waals surface area (Å²) in [5, 5.41) is 3.95. The monoisotopic (exact) mass is 362 g/mol. The molecule has 1 atom stereocenters. The summed E-state index contributed by atoms with van der Waals surface area (Å²) >= 11 is 8.97. The van der Waals surface area contributed by atoms with Crippen LogP contribution in [-0.4, -0.2) is 23.2 Å². The molecule has 0 saturated carbocycles. The van der Waals surface area contributed by atoms with E-state index in [2.05, 4.69) is 38.3 Å². The standard InChI is InChI=1S/C16H15BrN2OS/c17-13-8-6-12(7-9-13)15-19(10-11-20-15)16(21)18-14-4-2-1-3-5-14/h1-9,15H,10-11H2,(H,18,21). The number of nitrogens with zero attached hydrogens (tertiary/aromatic N) is 1. The highest BCUT2D eigenvalue weighted by molar-refractivity contribution is 9.10. The maximum atomic E-state index is 5.83. The molecule has 3 nitrogen and oxygen atoms in total. The van der Waals surface area contributed by atoms with Crippen LogP contribution in [0.1, 0.15) is 11.8 Å². The van der Waals surface area contributed by atoms with Gasteiger partial charge in [-0.2, -0.15) is 0 Å². The number of hydrogen-bond donors (Lipinski definition) is 1. The van der Waals surface area contributed by atoms with Crippen molar-refractivity contribution < 1.29 is 4.74 Å². The van der Waals surface area contributed by atoms with Gasteiger partial charge >= 0.3 is 0 Å². The molecule has 1 saturated heterocycles. The number of thiocarbonyl (C=S) groups is 1. The van der Waals surface area contributed by atoms with E-state index in [0.29, 0.717) is 11.7 Å². The molecule has 0 amide bonds. The minimum Gasteiger partial charge on any atom is -0.352 e. The van der Waals surface area contributed by atoms with Crippen LogP contribution in [0.5, 0.6) is 0 Å². The second-order valence-electron chi connectivity index (χ2n) is 4.76. The predicted octanol–water partition coefficient (Wildman–Crippen LogP) is 4.18. The van der Waals surface area contributed by atoms with Crippen LogP contribution < -0.4 is 5.32 Å². The van der Waals surface area contributed by atoms with Gasteiger partial charge in [0.2, 0.25) is 0 Å². The van der Waals surface area contributed by atoms with Gasteiger partial charge in [-0.3, -0.25) is 0 Å². The van der Waals surface area contributed by atoms with Crippen molar-refractivity contribution in [3.63, 3.8) is 0 Å². The summed E-state index contributed by atoms with van der Waals surface area (Å²) in [7, 11) is 0. The van der Waals surface area contributed by atoms with Gasteiger partial charge in [-0.15, -0.1) is 0 Å². The van der Waals surface area contributed by atoms with E-state index in [1.165, 1.54) is 0 Å². The van der Waals surface area contributed by atoms with E-state index in [-0.39, 0.29) is 6.23 Å². The fourth-order valence-electron chi connectivity index (χ4n) is 2.30. The molecule has 1 N–H and O–H groups in total. The number of hydrogen-bond acceptors (Lipinski definition) is 2. The van der Waals surface area contributed by atoms with E-state index in [0.717, 1.165) is 22.3 Å². The smallest absolute Gasteiger partial charge is 0.175 e. The van der Waals surface area contributed by atoms with Crippen molar-refractivity contribution in [2.24, 2.45) is 0 Å². The number of anilines is 1. The molecular formula is C16H15BrN2OS. The lowest BCUT2D eigenvalue weighted by Gasteiger charge is -2.26. The SMILES string of the molecule is S=C(Nc1ccccc1)N1CCOC1c1ccc(Br)cc1. The van der Waals surface area contributed by atoms with E-state index < -0.39 is 0 Å². The van der Waals surface area contributed by atoms with Crippen molar-refractivity contribution in [3.8, 4) is 0 Å². The third kappa shape index (κ3) is 3.43. The Hall–Kier alpha value is -1.43. The summed E-state index contributed by atoms with van der Waals surface area (Å²) in [5.41, 5.74) is 2.09. The van der Waals surface area contributed by atoms with Crippen LogP contribution in [0.25, 0.3) is 0 Å². The molecule has 0 aromatic heterocycles. The van der Waals surface area contributed by atoms with E-state index in [9.17, 15) is 0 Å². The number of benzene rings is 2. The lowest BCUT2D eigenvalue weighted by molar-refractivity contribution is 0.0642. The summed E-state index contributed by atoms with van der Waals surface area (Å²) in [4.78, 5) is 2.07. The summed E-state index contributed by atoms with van der Waals surface area (Å²) in [6.45, 7) is 1.47. The number of para-hydroxylation sites is 1. The zero-order valence-corrected chi connectivity index (χ0v) is 13.7. The quantitative estimate of drug-likeness (QED) is 0.810. The van der Waals surface area contributed by atoms with Crippen LogP contribution in [0.3, 0.4) is 0 Å². The first-order valence-electron chi connectivity index (χ1n) is 6.74. The molecule has 2 aromatic rings. The lowest BCUT2D eigenvalue weighted by Crippen LogP contribution is -2.34. The molecule has 0 aliphatic carbocycles. The molecule has 1 aliphatic heterocycles. The van der Waals surface area contributed by atoms with Crippen LogP contribution >= 0.6 is 28.1 Å². The summed E-state index contributed by atoms with van der Waals surface area (Å²) in [6, 6.07) is 18.1. The van der Waals surface area contributed by atoms with E-state index >= 15 is 0 Å². The molecule has 5 heteroatoms. The first kappa shape index (κ1) is 14.5. The van der Waals surface area contributed by atoms with E-state index in [1.807, 2.05) is 42.5 Å². The van der Waals surface area contributed by atoms with E-state index in [4.69, 9.17) is 17.0 Å². The Labute approximate surface area is 138 Å². The molecular weight excluding hydrogens is 348 g/mol. The van der Waals surface area contributed by atoms with Crippen LogP contribution in [0.4, 0.5) is 5.69 Å². The first-order chi connectivity index (χ1) is 10.2. The fourth-order valence-corrected chi connectivity index (χ4v) is 2.87. The van der Waals surface area contributed by atoms with Gasteiger partial charge in [-0.1, -0.05) is 46.3 Å². The van der Waals surface area contributed by atoms with Crippen molar-refractivity contribution in [1.29, 1.82) is 0 Å². The number of halogens is 1. The van der Waals surface area contributed by atoms with Gasteiger partial charge in [0.25, 0.3) is 0 Å². The maximum Gasteiger partial charge on any atom is 0.175 e. The van der Waals surface area contributed by atoms with Gasteiger partial charge in [0, 0.05) is 22.3 Å². The molecule has 0 spiro atoms. The molecule has 1 heterocycles. The molecule has 1 unspecified atom stereocenters. The largest absolute Gasteiger partial charge is 0.352 e. The minimum absolute atomic E-state index is 0.123. The van der Waals surface area contributed by atoms with Crippen molar-refractivity contribution >= 4 is 38.9 Å². The second-order valence-corrected chi connectivity index (χ2v) is 6.07. The van der Waals surface area contributed by atoms with Crippen molar-refractivity contribution in [3.05, 3.63) is 64.6 Å². The van der Waals surface area contributed by atoms with Crippen LogP contribution in [-0.2, 0) is 4.74 Å². The normalized spacial score (nSPS) is 17.8. The molecule has 0 radical (unpaired) electrons. The Kier molecular flexibility index (Phi) is 4.53. The van der Waals surface area contributed by atoms with Gasteiger partial charge in [0.15, 0.2) is 11.3 Å². The van der Waals surface area contributed by atoms with Gasteiger partial charge in [-0.25, -0.2) is 0 Å². The second kappa shape index (κ2) is 6.56. The Morgan fingerprint density at radius 2 is 1.86 bits per heavy atom. The highest BCUT2D eigenvalue weighted by Gasteiger charge is 2.28. The Morgan fingerprint density at radius 1 is 1.14 bits per heavy atom. The lowest BCUT2D eigenvalue weighted by atomic mass is 10.2. The van der Waals surface area contributed by atoms with Gasteiger partial charge in [0.1, 0.15) is 0 Å². The van der Waals surface area contributed by atoms with Crippen molar-refractivity contribution in [2.45, 2.75) is 6.23 Å². The summed E-state index contributed by atoms with van der Waals surface area (Å²) in [6.07, 6.45) is -0.123. The average Bonchev–Trinajstić information content (AvgIpc) is 2.98. The topological polar surface area (TPSA) is 24.5 Å². The Bertz CT molecular complexity index is 618. The molecule has 108 valence electrons. The molecule has 21 heavy (non-hydrogen) atoms. The summed E-state index contributed by atoms with van der Waals surface area (Å²) in [5.74, 6) is 0. The maximum absolute atomic E-state index is 5.83. The average molecular weight is 363 g/mol. The summed E-state index contributed by atoms with van der Waals surface area (Å²) < 4.78 is 6.89. The van der Waals surface area contributed by atoms with Crippen molar-refractivity contribution in [2.75, 3.05) is 18.5 Å². The zero-order valence-electron chi connectivity index (χ0n) is 11.3. The predicted molar refractivity (Wildman–Crippen MR) is 92.2 cm³/mol. The highest BCUT2D eigenvalue weighted by Crippen LogP contribution is 2.28. The van der Waals surface area contributed by atoms with Crippen LogP contribution in [0.15, 0.2) is 59.1 Å². The third-order valence-electron chi connectivity index (χ3n) is 3.33. The molecule has 1 fully saturated rings. The Balaban J connectivity index is 1.74. The Morgan fingerprint density at radius 3 is 2.57 bits per heavy atom. The van der Waals surface area contributed by atoms with Gasteiger partial charge in [-0.05, 0) is 36.5 Å². The van der Waals surface area contributed by atoms with Crippen molar-refractivity contribution in [1.82, 2.24) is 4.90 Å². The van der Waals surface area contributed by atoms with Gasteiger partial charge in [0.05, 0.1) is 6.61 Å². The molecule has 0 bridgehead atoms. The van der Waals surface area contributed by atoms with Gasteiger partial charge < -0.3 is 15.0 Å². The number of rotatable bonds is 2. The zero-order chi connectivity index (χ0) is 14.7. The highest BCUT2D eigenvalue weighted by atomic mass is 79.9. The molecule has 3 rings (SSSR count). The molecule has 1 aliphatic rings. The number of ether oxygens (including phenoxy) is 1. The van der Waals surface area contributed by atoms with Crippen LogP contribution in [0, 0.1) is 0 Å². The fraction of sp³-hybridized carbons (Fsp3) is 0.188. The number of nitrogens with one attached hydrogen (secondary N) is 1. The van der Waals surface area contributed by atoms with Crippen LogP contribution in [0.2, 0.25) is 0 Å². The molecule has 2 aromatic carbocycles. The first-order valence-corrected chi connectivity index (χ1v) is 7.94. The minimum atomic E-state index is -0.123. The third-order valence-corrected chi connectivity index (χ3v) is 4.20.